The third-order valence-corrected chi connectivity index (χ3v) is 5.45. The summed E-state index contributed by atoms with van der Waals surface area (Å²) in [5.74, 6) is -1.77. The number of carbonyl (C=O) groups excluding carboxylic acids is 3. The minimum atomic E-state index is -0.758. The lowest BCUT2D eigenvalue weighted by molar-refractivity contribution is -0.385. The van der Waals surface area contributed by atoms with Crippen molar-refractivity contribution in [1.82, 2.24) is 9.88 Å². The average Bonchev–Trinajstić information content (AvgIpc) is 3.16. The standard InChI is InChI=1S/C19H14N4O5S/c1-10-20-13-6-5-11(9-15(13)29-10)21-16(24)7-8-22-18(25)12-3-2-4-14(23(27)28)17(12)19(22)26/h2-6,9H,7-8H2,1H3,(H,21,24). The van der Waals surface area contributed by atoms with Gasteiger partial charge in [-0.1, -0.05) is 6.07 Å². The van der Waals surface area contributed by atoms with Crippen molar-refractivity contribution in [2.24, 2.45) is 0 Å². The number of benzene rings is 2. The Labute approximate surface area is 168 Å². The van der Waals surface area contributed by atoms with E-state index in [4.69, 9.17) is 0 Å². The Morgan fingerprint density at radius 2 is 2.03 bits per heavy atom. The fraction of sp³-hybridized carbons (Fsp3) is 0.158. The highest BCUT2D eigenvalue weighted by Crippen LogP contribution is 2.31. The first-order valence-electron chi connectivity index (χ1n) is 8.66. The highest BCUT2D eigenvalue weighted by atomic mass is 32.1. The van der Waals surface area contributed by atoms with Crippen LogP contribution in [0, 0.1) is 17.0 Å². The number of carbonyl (C=O) groups is 3. The number of nitrogens with zero attached hydrogens (tertiary/aromatic N) is 3. The van der Waals surface area contributed by atoms with Crippen molar-refractivity contribution in [1.29, 1.82) is 0 Å². The number of fused-ring (bicyclic) bond motifs is 2. The smallest absolute Gasteiger partial charge is 0.282 e. The minimum Gasteiger partial charge on any atom is -0.326 e. The van der Waals surface area contributed by atoms with Crippen molar-refractivity contribution in [2.45, 2.75) is 13.3 Å². The van der Waals surface area contributed by atoms with Gasteiger partial charge in [-0.3, -0.25) is 29.4 Å². The molecule has 1 aliphatic heterocycles. The van der Waals surface area contributed by atoms with Gasteiger partial charge in [-0.25, -0.2) is 4.98 Å². The van der Waals surface area contributed by atoms with Crippen LogP contribution in [0.4, 0.5) is 11.4 Å². The van der Waals surface area contributed by atoms with Gasteiger partial charge in [0.25, 0.3) is 17.5 Å². The van der Waals surface area contributed by atoms with E-state index in [1.54, 1.807) is 12.1 Å². The summed E-state index contributed by atoms with van der Waals surface area (Å²) in [5.41, 5.74) is 0.771. The summed E-state index contributed by atoms with van der Waals surface area (Å²) in [6, 6.07) is 9.24. The zero-order valence-corrected chi connectivity index (χ0v) is 16.0. The molecule has 0 saturated heterocycles. The number of nitrogens with one attached hydrogen (secondary N) is 1. The van der Waals surface area contributed by atoms with Crippen LogP contribution in [-0.4, -0.2) is 39.1 Å². The molecule has 10 heteroatoms. The highest BCUT2D eigenvalue weighted by molar-refractivity contribution is 7.18. The summed E-state index contributed by atoms with van der Waals surface area (Å²) >= 11 is 1.51. The maximum atomic E-state index is 12.5. The van der Waals surface area contributed by atoms with Crippen LogP contribution in [0.5, 0.6) is 0 Å². The van der Waals surface area contributed by atoms with Crippen molar-refractivity contribution in [3.63, 3.8) is 0 Å². The first-order valence-corrected chi connectivity index (χ1v) is 9.47. The molecule has 1 aliphatic rings. The van der Waals surface area contributed by atoms with Crippen LogP contribution in [0.3, 0.4) is 0 Å². The Balaban J connectivity index is 1.45. The van der Waals surface area contributed by atoms with Gasteiger partial charge in [-0.15, -0.1) is 11.3 Å². The number of anilines is 1. The molecule has 2 aromatic carbocycles. The molecule has 29 heavy (non-hydrogen) atoms. The third-order valence-electron chi connectivity index (χ3n) is 4.52. The summed E-state index contributed by atoms with van der Waals surface area (Å²) in [4.78, 5) is 52.9. The third kappa shape index (κ3) is 3.34. The number of hydrogen-bond donors (Lipinski definition) is 1. The molecule has 9 nitrogen and oxygen atoms in total. The fourth-order valence-electron chi connectivity index (χ4n) is 3.23. The molecular weight excluding hydrogens is 396 g/mol. The van der Waals surface area contributed by atoms with E-state index in [0.717, 1.165) is 20.1 Å². The van der Waals surface area contributed by atoms with Gasteiger partial charge in [0.15, 0.2) is 0 Å². The molecule has 3 amide bonds. The average molecular weight is 410 g/mol. The number of amides is 3. The second kappa shape index (κ2) is 7.06. The Hall–Kier alpha value is -3.66. The van der Waals surface area contributed by atoms with Gasteiger partial charge >= 0.3 is 0 Å². The molecule has 146 valence electrons. The number of aryl methyl sites for hydroxylation is 1. The molecule has 3 aromatic rings. The summed E-state index contributed by atoms with van der Waals surface area (Å²) < 4.78 is 0.938. The molecule has 1 N–H and O–H groups in total. The van der Waals surface area contributed by atoms with Gasteiger partial charge in [0, 0.05) is 24.7 Å². The van der Waals surface area contributed by atoms with E-state index < -0.39 is 22.4 Å². The van der Waals surface area contributed by atoms with Crippen LogP contribution in [0.2, 0.25) is 0 Å². The molecular formula is C19H14N4O5S. The maximum Gasteiger partial charge on any atom is 0.282 e. The molecule has 0 radical (unpaired) electrons. The maximum absolute atomic E-state index is 12.5. The van der Waals surface area contributed by atoms with Gasteiger partial charge in [0.2, 0.25) is 5.91 Å². The summed E-state index contributed by atoms with van der Waals surface area (Å²) in [5, 5.41) is 14.8. The second-order valence-corrected chi connectivity index (χ2v) is 7.67. The van der Waals surface area contributed by atoms with Gasteiger partial charge in [0.1, 0.15) is 5.56 Å². The van der Waals surface area contributed by atoms with Crippen molar-refractivity contribution in [2.75, 3.05) is 11.9 Å². The topological polar surface area (TPSA) is 123 Å². The SMILES string of the molecule is Cc1nc2ccc(NC(=O)CCN3C(=O)c4cccc([N+](=O)[O-])c4C3=O)cc2s1. The molecule has 4 rings (SSSR count). The molecule has 0 atom stereocenters. The fourth-order valence-corrected chi connectivity index (χ4v) is 4.09. The number of thiazole rings is 1. The first-order chi connectivity index (χ1) is 13.8. The molecule has 2 heterocycles. The zero-order valence-electron chi connectivity index (χ0n) is 15.2. The quantitative estimate of drug-likeness (QED) is 0.392. The number of nitro groups is 1. The molecule has 0 aliphatic carbocycles. The minimum absolute atomic E-state index is 0.0179. The van der Waals surface area contributed by atoms with Gasteiger partial charge in [-0.05, 0) is 31.2 Å². The Bertz CT molecular complexity index is 1200. The molecule has 0 unspecified atom stereocenters. The van der Waals surface area contributed by atoms with Crippen molar-refractivity contribution in [3.05, 3.63) is 62.6 Å². The predicted octanol–water partition coefficient (Wildman–Crippen LogP) is 3.14. The van der Waals surface area contributed by atoms with Crippen LogP contribution in [0.25, 0.3) is 10.2 Å². The van der Waals surface area contributed by atoms with Crippen LogP contribution in [-0.2, 0) is 4.79 Å². The van der Waals surface area contributed by atoms with Crippen molar-refractivity contribution >= 4 is 50.6 Å². The van der Waals surface area contributed by atoms with Crippen LogP contribution in [0.1, 0.15) is 32.1 Å². The number of nitro benzene ring substituents is 1. The molecule has 0 saturated carbocycles. The first kappa shape index (κ1) is 18.7. The Morgan fingerprint density at radius 3 is 2.79 bits per heavy atom. The Morgan fingerprint density at radius 1 is 1.24 bits per heavy atom. The Kier molecular flexibility index (Phi) is 4.55. The number of aromatic nitrogens is 1. The summed E-state index contributed by atoms with van der Waals surface area (Å²) in [7, 11) is 0. The largest absolute Gasteiger partial charge is 0.326 e. The summed E-state index contributed by atoms with van der Waals surface area (Å²) in [6.45, 7) is 1.73. The summed E-state index contributed by atoms with van der Waals surface area (Å²) in [6.07, 6.45) is -0.126. The monoisotopic (exact) mass is 410 g/mol. The molecule has 0 bridgehead atoms. The van der Waals surface area contributed by atoms with E-state index in [1.165, 1.54) is 29.5 Å². The molecule has 0 spiro atoms. The van der Waals surface area contributed by atoms with E-state index >= 15 is 0 Å². The normalized spacial score (nSPS) is 13.1. The predicted molar refractivity (Wildman–Crippen MR) is 106 cm³/mol. The van der Waals surface area contributed by atoms with Crippen molar-refractivity contribution < 1.29 is 19.3 Å². The lowest BCUT2D eigenvalue weighted by atomic mass is 10.1. The second-order valence-electron chi connectivity index (χ2n) is 6.43. The van der Waals surface area contributed by atoms with E-state index in [0.29, 0.717) is 5.69 Å². The lowest BCUT2D eigenvalue weighted by Gasteiger charge is -2.13. The van der Waals surface area contributed by atoms with Gasteiger partial charge in [0.05, 0.1) is 25.7 Å². The van der Waals surface area contributed by atoms with Crippen LogP contribution in [0.15, 0.2) is 36.4 Å². The van der Waals surface area contributed by atoms with E-state index in [-0.39, 0.29) is 30.0 Å². The van der Waals surface area contributed by atoms with Crippen LogP contribution >= 0.6 is 11.3 Å². The molecule has 1 aromatic heterocycles. The van der Waals surface area contributed by atoms with Crippen LogP contribution < -0.4 is 5.32 Å². The number of imide groups is 1. The lowest BCUT2D eigenvalue weighted by Crippen LogP contribution is -2.33. The van der Waals surface area contributed by atoms with E-state index in [2.05, 4.69) is 10.3 Å². The zero-order chi connectivity index (χ0) is 20.7. The van der Waals surface area contributed by atoms with Gasteiger partial charge < -0.3 is 5.32 Å². The van der Waals surface area contributed by atoms with Crippen molar-refractivity contribution in [3.8, 4) is 0 Å². The van der Waals surface area contributed by atoms with E-state index in [1.807, 2.05) is 13.0 Å². The van der Waals surface area contributed by atoms with Gasteiger partial charge in [-0.2, -0.15) is 0 Å². The number of rotatable bonds is 5. The van der Waals surface area contributed by atoms with E-state index in [9.17, 15) is 24.5 Å². The highest BCUT2D eigenvalue weighted by Gasteiger charge is 2.40. The number of hydrogen-bond acceptors (Lipinski definition) is 7. The molecule has 0 fully saturated rings.